The van der Waals surface area contributed by atoms with Crippen molar-refractivity contribution in [2.24, 2.45) is 0 Å². The van der Waals surface area contributed by atoms with E-state index in [1.54, 1.807) is 13.2 Å². The van der Waals surface area contributed by atoms with Crippen LogP contribution in [0.5, 0.6) is 0 Å². The van der Waals surface area contributed by atoms with Gasteiger partial charge in [0.05, 0.1) is 0 Å². The summed E-state index contributed by atoms with van der Waals surface area (Å²) in [6, 6.07) is -0.863. The van der Waals surface area contributed by atoms with Crippen molar-refractivity contribution in [3.8, 4) is 0 Å². The Morgan fingerprint density at radius 2 is 2.07 bits per heavy atom. The van der Waals surface area contributed by atoms with Crippen molar-refractivity contribution >= 4 is 34.3 Å². The molecular weight excluding hydrogens is 228 g/mol. The van der Waals surface area contributed by atoms with Crippen molar-refractivity contribution in [3.63, 3.8) is 0 Å². The van der Waals surface area contributed by atoms with Gasteiger partial charge in [-0.2, -0.15) is 0 Å². The van der Waals surface area contributed by atoms with E-state index in [0.29, 0.717) is 5.75 Å². The van der Waals surface area contributed by atoms with Crippen LogP contribution in [0.3, 0.4) is 0 Å². The standard InChI is InChI=1S/C7H13ClN2O3S/c1-5(4-14(2)13)9-7(12)10-6(11)3-8/h5H,3-4H2,1-2H3,(H2,9,10,11,12). The van der Waals surface area contributed by atoms with E-state index >= 15 is 0 Å². The molecule has 0 aromatic heterocycles. The number of nitrogens with one attached hydrogen (secondary N) is 2. The summed E-state index contributed by atoms with van der Waals surface area (Å²) < 4.78 is 10.8. The number of amides is 3. The second kappa shape index (κ2) is 6.78. The molecular formula is C7H13ClN2O3S. The van der Waals surface area contributed by atoms with Gasteiger partial charge in [0.2, 0.25) is 5.91 Å². The van der Waals surface area contributed by atoms with Gasteiger partial charge in [-0.1, -0.05) is 0 Å². The van der Waals surface area contributed by atoms with E-state index in [0.717, 1.165) is 0 Å². The topological polar surface area (TPSA) is 75.3 Å². The largest absolute Gasteiger partial charge is 0.334 e. The average molecular weight is 241 g/mol. The van der Waals surface area contributed by atoms with Crippen LogP contribution in [0.2, 0.25) is 0 Å². The number of carbonyl (C=O) groups is 2. The monoisotopic (exact) mass is 240 g/mol. The van der Waals surface area contributed by atoms with Crippen molar-refractivity contribution < 1.29 is 13.8 Å². The summed E-state index contributed by atoms with van der Waals surface area (Å²) in [6.07, 6.45) is 1.54. The molecule has 0 aliphatic rings. The summed E-state index contributed by atoms with van der Waals surface area (Å²) in [6.45, 7) is 1.70. The van der Waals surface area contributed by atoms with E-state index in [2.05, 4.69) is 5.32 Å². The molecule has 0 radical (unpaired) electrons. The zero-order valence-corrected chi connectivity index (χ0v) is 9.57. The third-order valence-corrected chi connectivity index (χ3v) is 2.45. The predicted octanol–water partition coefficient (Wildman–Crippen LogP) is -0.182. The van der Waals surface area contributed by atoms with Crippen LogP contribution >= 0.6 is 11.6 Å². The van der Waals surface area contributed by atoms with Crippen molar-refractivity contribution in [1.82, 2.24) is 10.6 Å². The van der Waals surface area contributed by atoms with Crippen LogP contribution < -0.4 is 10.6 Å². The fourth-order valence-corrected chi connectivity index (χ4v) is 1.67. The molecule has 0 saturated carbocycles. The summed E-state index contributed by atoms with van der Waals surface area (Å²) in [5, 5.41) is 4.47. The smallest absolute Gasteiger partial charge is 0.321 e. The SMILES string of the molecule is CC(CS(C)=O)NC(=O)NC(=O)CCl. The van der Waals surface area contributed by atoms with E-state index in [1.807, 2.05) is 5.32 Å². The summed E-state index contributed by atoms with van der Waals surface area (Å²) in [5.41, 5.74) is 0. The molecule has 2 atom stereocenters. The molecule has 2 N–H and O–H groups in total. The van der Waals surface area contributed by atoms with Gasteiger partial charge in [-0.3, -0.25) is 14.3 Å². The minimum absolute atomic E-state index is 0.246. The molecule has 0 rings (SSSR count). The summed E-state index contributed by atoms with van der Waals surface area (Å²) in [4.78, 5) is 21.7. The molecule has 0 aliphatic heterocycles. The van der Waals surface area contributed by atoms with Gasteiger partial charge in [0.1, 0.15) is 5.88 Å². The first-order valence-electron chi connectivity index (χ1n) is 3.92. The third-order valence-electron chi connectivity index (χ3n) is 1.24. The van der Waals surface area contributed by atoms with Crippen molar-refractivity contribution in [2.45, 2.75) is 13.0 Å². The maximum atomic E-state index is 11.0. The molecule has 0 spiro atoms. The molecule has 5 nitrogen and oxygen atoms in total. The Labute approximate surface area is 90.0 Å². The molecule has 7 heteroatoms. The number of imide groups is 1. The molecule has 14 heavy (non-hydrogen) atoms. The van der Waals surface area contributed by atoms with Gasteiger partial charge in [0, 0.05) is 28.9 Å². The van der Waals surface area contributed by atoms with Crippen LogP contribution in [0.25, 0.3) is 0 Å². The minimum atomic E-state index is -0.980. The van der Waals surface area contributed by atoms with Crippen molar-refractivity contribution in [1.29, 1.82) is 0 Å². The fourth-order valence-electron chi connectivity index (χ4n) is 0.814. The van der Waals surface area contributed by atoms with Gasteiger partial charge in [0.15, 0.2) is 0 Å². The second-order valence-electron chi connectivity index (χ2n) is 2.80. The lowest BCUT2D eigenvalue weighted by Gasteiger charge is -2.11. The van der Waals surface area contributed by atoms with Crippen LogP contribution in [-0.2, 0) is 15.6 Å². The van der Waals surface area contributed by atoms with E-state index in [-0.39, 0.29) is 11.9 Å². The van der Waals surface area contributed by atoms with Crippen molar-refractivity contribution in [2.75, 3.05) is 17.9 Å². The number of hydrogen-bond donors (Lipinski definition) is 2. The number of carbonyl (C=O) groups excluding carboxylic acids is 2. The third kappa shape index (κ3) is 6.85. The van der Waals surface area contributed by atoms with Gasteiger partial charge in [-0.15, -0.1) is 11.6 Å². The maximum absolute atomic E-state index is 11.0. The van der Waals surface area contributed by atoms with Crippen LogP contribution in [0.1, 0.15) is 6.92 Å². The molecule has 0 aliphatic carbocycles. The maximum Gasteiger partial charge on any atom is 0.321 e. The lowest BCUT2D eigenvalue weighted by atomic mass is 10.4. The molecule has 82 valence electrons. The number of hydrogen-bond acceptors (Lipinski definition) is 3. The number of rotatable bonds is 4. The predicted molar refractivity (Wildman–Crippen MR) is 55.8 cm³/mol. The van der Waals surface area contributed by atoms with Gasteiger partial charge in [-0.25, -0.2) is 4.79 Å². The zero-order chi connectivity index (χ0) is 11.1. The Hall–Kier alpha value is -0.620. The highest BCUT2D eigenvalue weighted by atomic mass is 35.5. The minimum Gasteiger partial charge on any atom is -0.334 e. The highest BCUT2D eigenvalue weighted by molar-refractivity contribution is 7.84. The Morgan fingerprint density at radius 1 is 1.50 bits per heavy atom. The molecule has 0 bridgehead atoms. The normalized spacial score (nSPS) is 14.2. The number of alkyl halides is 1. The van der Waals surface area contributed by atoms with E-state index in [9.17, 15) is 13.8 Å². The first kappa shape index (κ1) is 13.4. The molecule has 0 saturated heterocycles. The zero-order valence-electron chi connectivity index (χ0n) is 8.00. The summed E-state index contributed by atoms with van der Waals surface area (Å²) in [5.74, 6) is -0.474. The van der Waals surface area contributed by atoms with E-state index in [1.165, 1.54) is 0 Å². The first-order chi connectivity index (χ1) is 6.45. The van der Waals surface area contributed by atoms with Crippen LogP contribution in [0.4, 0.5) is 4.79 Å². The lowest BCUT2D eigenvalue weighted by Crippen LogP contribution is -2.45. The molecule has 0 heterocycles. The van der Waals surface area contributed by atoms with E-state index < -0.39 is 22.7 Å². The lowest BCUT2D eigenvalue weighted by molar-refractivity contribution is -0.117. The Balaban J connectivity index is 3.82. The molecule has 0 aromatic rings. The Bertz CT molecular complexity index is 247. The fraction of sp³-hybridized carbons (Fsp3) is 0.714. The van der Waals surface area contributed by atoms with Crippen LogP contribution in [-0.4, -0.2) is 40.1 Å². The van der Waals surface area contributed by atoms with Gasteiger partial charge < -0.3 is 5.32 Å². The molecule has 0 aromatic carbocycles. The van der Waals surface area contributed by atoms with Gasteiger partial charge in [-0.05, 0) is 6.92 Å². The van der Waals surface area contributed by atoms with Gasteiger partial charge >= 0.3 is 6.03 Å². The highest BCUT2D eigenvalue weighted by Crippen LogP contribution is 1.85. The number of halogens is 1. The van der Waals surface area contributed by atoms with Crippen LogP contribution in [0.15, 0.2) is 0 Å². The average Bonchev–Trinajstić information content (AvgIpc) is 2.01. The Morgan fingerprint density at radius 3 is 2.50 bits per heavy atom. The first-order valence-corrected chi connectivity index (χ1v) is 6.18. The number of urea groups is 1. The summed E-state index contributed by atoms with van der Waals surface area (Å²) >= 11 is 5.18. The van der Waals surface area contributed by atoms with Crippen LogP contribution in [0, 0.1) is 0 Å². The van der Waals surface area contributed by atoms with Gasteiger partial charge in [0.25, 0.3) is 0 Å². The van der Waals surface area contributed by atoms with E-state index in [4.69, 9.17) is 11.6 Å². The second-order valence-corrected chi connectivity index (χ2v) is 4.54. The van der Waals surface area contributed by atoms with Crippen molar-refractivity contribution in [3.05, 3.63) is 0 Å². The Kier molecular flexibility index (Phi) is 6.48. The molecule has 2 unspecified atom stereocenters. The quantitative estimate of drug-likeness (QED) is 0.670. The molecule has 0 fully saturated rings. The molecule has 3 amide bonds. The summed E-state index contributed by atoms with van der Waals surface area (Å²) in [7, 11) is -0.980. The highest BCUT2D eigenvalue weighted by Gasteiger charge is 2.10.